The Balaban J connectivity index is 1.71. The van der Waals surface area contributed by atoms with E-state index in [-0.39, 0.29) is 31.3 Å². The molecule has 11 heteroatoms. The molecule has 2 aliphatic rings. The van der Waals surface area contributed by atoms with Crippen LogP contribution < -0.4 is 15.9 Å². The predicted molar refractivity (Wildman–Crippen MR) is 109 cm³/mol. The van der Waals surface area contributed by atoms with Crippen LogP contribution in [0.25, 0.3) is 11.0 Å². The van der Waals surface area contributed by atoms with Crippen LogP contribution in [0.3, 0.4) is 0 Å². The van der Waals surface area contributed by atoms with E-state index in [1.807, 2.05) is 11.8 Å². The van der Waals surface area contributed by atoms with E-state index >= 15 is 4.39 Å². The number of nitrogens with one attached hydrogen (secondary N) is 1. The fraction of sp³-hybridized carbons (Fsp3) is 0.500. The first-order valence-electron chi connectivity index (χ1n) is 10.1. The average molecular weight is 433 g/mol. The topological polar surface area (TPSA) is 117 Å². The van der Waals surface area contributed by atoms with E-state index in [2.05, 4.69) is 5.32 Å². The summed E-state index contributed by atoms with van der Waals surface area (Å²) in [6, 6.07) is 1.84. The van der Waals surface area contributed by atoms with E-state index in [4.69, 9.17) is 5.11 Å². The van der Waals surface area contributed by atoms with Gasteiger partial charge in [-0.05, 0) is 19.4 Å². The first-order valence-corrected chi connectivity index (χ1v) is 10.1. The third-order valence-corrected chi connectivity index (χ3v) is 6.06. The van der Waals surface area contributed by atoms with E-state index in [9.17, 15) is 19.2 Å². The summed E-state index contributed by atoms with van der Waals surface area (Å²) in [6.45, 7) is 3.22. The highest BCUT2D eigenvalue weighted by Crippen LogP contribution is 2.30. The number of fused-ring (bicyclic) bond motifs is 1. The van der Waals surface area contributed by atoms with Crippen molar-refractivity contribution < 1.29 is 23.9 Å². The number of piperazine rings is 1. The van der Waals surface area contributed by atoms with Gasteiger partial charge < -0.3 is 10.0 Å². The molecule has 2 amide bonds. The Bertz CT molecular complexity index is 1140. The zero-order valence-electron chi connectivity index (χ0n) is 17.3. The van der Waals surface area contributed by atoms with Crippen LogP contribution >= 0.6 is 0 Å². The lowest BCUT2D eigenvalue weighted by Crippen LogP contribution is -2.53. The highest BCUT2D eigenvalue weighted by Gasteiger charge is 2.33. The summed E-state index contributed by atoms with van der Waals surface area (Å²) in [4.78, 5) is 51.3. The summed E-state index contributed by atoms with van der Waals surface area (Å²) < 4.78 is 17.8. The van der Waals surface area contributed by atoms with Gasteiger partial charge in [0.2, 0.25) is 11.8 Å². The van der Waals surface area contributed by atoms with Crippen molar-refractivity contribution in [2.45, 2.75) is 31.8 Å². The number of anilines is 1. The number of benzene rings is 1. The van der Waals surface area contributed by atoms with Crippen LogP contribution in [0.1, 0.15) is 25.8 Å². The van der Waals surface area contributed by atoms with Crippen LogP contribution in [0.2, 0.25) is 0 Å². The standard InChI is InChI=1S/C20H24FN5O5/c1-11-9-24(10-18(28)29)5-6-25(11)14-8-15-16(7-12(14)21)26(20(31)23(15)2)13-3-4-17(27)22-19(13)30/h7-8,11,13H,3-6,9-10H2,1-2H3,(H,28,29)(H,22,27,30)/t11-,13?/m0/s1. The molecule has 2 aliphatic heterocycles. The second-order valence-corrected chi connectivity index (χ2v) is 8.14. The largest absolute Gasteiger partial charge is 0.480 e. The van der Waals surface area contributed by atoms with Crippen molar-refractivity contribution in [1.82, 2.24) is 19.4 Å². The third kappa shape index (κ3) is 3.69. The minimum absolute atomic E-state index is 0.0665. The normalized spacial score (nSPS) is 22.7. The summed E-state index contributed by atoms with van der Waals surface area (Å²) in [6.07, 6.45) is 0.285. The van der Waals surface area contributed by atoms with Crippen molar-refractivity contribution in [1.29, 1.82) is 0 Å². The minimum Gasteiger partial charge on any atom is -0.480 e. The molecule has 0 aliphatic carbocycles. The molecule has 0 spiro atoms. The maximum Gasteiger partial charge on any atom is 0.329 e. The van der Waals surface area contributed by atoms with Gasteiger partial charge in [0.25, 0.3) is 0 Å². The number of halogens is 1. The van der Waals surface area contributed by atoms with Gasteiger partial charge in [0.15, 0.2) is 0 Å². The first-order chi connectivity index (χ1) is 14.7. The average Bonchev–Trinajstić information content (AvgIpc) is 2.91. The zero-order chi connectivity index (χ0) is 22.4. The number of hydrogen-bond donors (Lipinski definition) is 2. The highest BCUT2D eigenvalue weighted by molar-refractivity contribution is 6.00. The molecule has 2 aromatic rings. The number of aliphatic carboxylic acids is 1. The number of hydrogen-bond acceptors (Lipinski definition) is 6. The molecular formula is C20H24FN5O5. The van der Waals surface area contributed by atoms with E-state index in [0.717, 1.165) is 0 Å². The van der Waals surface area contributed by atoms with Gasteiger partial charge in [-0.3, -0.25) is 33.7 Å². The SMILES string of the molecule is C[C@H]1CN(CC(=O)O)CCN1c1cc2c(cc1F)n(C1CCC(=O)NC1=O)c(=O)n2C. The van der Waals surface area contributed by atoms with Crippen LogP contribution in [0.15, 0.2) is 16.9 Å². The monoisotopic (exact) mass is 433 g/mol. The quantitative estimate of drug-likeness (QED) is 0.655. The number of carbonyl (C=O) groups excluding carboxylic acids is 2. The Morgan fingerprint density at radius 1 is 1.23 bits per heavy atom. The Morgan fingerprint density at radius 3 is 2.61 bits per heavy atom. The molecule has 0 radical (unpaired) electrons. The number of carboxylic acids is 1. The molecule has 1 unspecified atom stereocenters. The van der Waals surface area contributed by atoms with Gasteiger partial charge in [-0.25, -0.2) is 9.18 Å². The molecule has 0 saturated carbocycles. The summed E-state index contributed by atoms with van der Waals surface area (Å²) >= 11 is 0. The fourth-order valence-electron chi connectivity index (χ4n) is 4.55. The number of amides is 2. The number of piperidine rings is 1. The van der Waals surface area contributed by atoms with Crippen molar-refractivity contribution >= 4 is 34.5 Å². The minimum atomic E-state index is -0.905. The summed E-state index contributed by atoms with van der Waals surface area (Å²) in [5.41, 5.74) is 0.637. The van der Waals surface area contributed by atoms with E-state index < -0.39 is 29.4 Å². The number of aromatic nitrogens is 2. The molecule has 3 heterocycles. The number of imidazole rings is 1. The summed E-state index contributed by atoms with van der Waals surface area (Å²) in [5.74, 6) is -2.40. The molecule has 4 rings (SSSR count). The van der Waals surface area contributed by atoms with Crippen LogP contribution in [-0.2, 0) is 21.4 Å². The van der Waals surface area contributed by atoms with Gasteiger partial charge in [0.05, 0.1) is 23.3 Å². The summed E-state index contributed by atoms with van der Waals surface area (Å²) in [7, 11) is 1.56. The number of carbonyl (C=O) groups is 3. The van der Waals surface area contributed by atoms with Gasteiger partial charge >= 0.3 is 11.7 Å². The molecule has 166 valence electrons. The Kier molecular flexibility index (Phi) is 5.29. The molecule has 0 bridgehead atoms. The van der Waals surface area contributed by atoms with Crippen molar-refractivity contribution in [3.8, 4) is 0 Å². The second-order valence-electron chi connectivity index (χ2n) is 8.14. The lowest BCUT2D eigenvalue weighted by Gasteiger charge is -2.40. The second kappa shape index (κ2) is 7.80. The Hall–Kier alpha value is -3.21. The van der Waals surface area contributed by atoms with Crippen molar-refractivity contribution in [2.75, 3.05) is 31.1 Å². The van der Waals surface area contributed by atoms with Gasteiger partial charge in [-0.2, -0.15) is 0 Å². The van der Waals surface area contributed by atoms with E-state index in [1.54, 1.807) is 18.0 Å². The molecule has 1 aromatic carbocycles. The molecule has 10 nitrogen and oxygen atoms in total. The van der Waals surface area contributed by atoms with Gasteiger partial charge in [-0.15, -0.1) is 0 Å². The van der Waals surface area contributed by atoms with Crippen LogP contribution in [0.4, 0.5) is 10.1 Å². The smallest absolute Gasteiger partial charge is 0.329 e. The van der Waals surface area contributed by atoms with Crippen LogP contribution in [0, 0.1) is 5.82 Å². The van der Waals surface area contributed by atoms with Crippen LogP contribution in [0.5, 0.6) is 0 Å². The number of carboxylic acid groups (broad SMARTS) is 1. The highest BCUT2D eigenvalue weighted by atomic mass is 19.1. The number of aryl methyl sites for hydroxylation is 1. The van der Waals surface area contributed by atoms with Gasteiger partial charge in [0, 0.05) is 45.2 Å². The number of imide groups is 1. The first kappa shape index (κ1) is 21.0. The summed E-state index contributed by atoms with van der Waals surface area (Å²) in [5, 5.41) is 11.2. The lowest BCUT2D eigenvalue weighted by atomic mass is 10.1. The van der Waals surface area contributed by atoms with Crippen molar-refractivity contribution in [3.05, 3.63) is 28.4 Å². The van der Waals surface area contributed by atoms with Crippen molar-refractivity contribution in [2.24, 2.45) is 7.05 Å². The molecule has 1 aromatic heterocycles. The Morgan fingerprint density at radius 2 is 1.97 bits per heavy atom. The Labute approximate surface area is 176 Å². The molecule has 2 N–H and O–H groups in total. The third-order valence-electron chi connectivity index (χ3n) is 6.06. The molecule has 2 fully saturated rings. The number of nitrogens with zero attached hydrogens (tertiary/aromatic N) is 4. The lowest BCUT2D eigenvalue weighted by molar-refractivity contribution is -0.139. The number of rotatable bonds is 4. The van der Waals surface area contributed by atoms with E-state index in [0.29, 0.717) is 36.4 Å². The molecule has 2 saturated heterocycles. The zero-order valence-corrected chi connectivity index (χ0v) is 17.3. The van der Waals surface area contributed by atoms with Gasteiger partial charge in [0.1, 0.15) is 11.9 Å². The van der Waals surface area contributed by atoms with Crippen LogP contribution in [-0.4, -0.2) is 69.1 Å². The fourth-order valence-corrected chi connectivity index (χ4v) is 4.55. The molecule has 2 atom stereocenters. The molecular weight excluding hydrogens is 409 g/mol. The van der Waals surface area contributed by atoms with Gasteiger partial charge in [-0.1, -0.05) is 0 Å². The maximum atomic E-state index is 15.2. The van der Waals surface area contributed by atoms with E-state index in [1.165, 1.54) is 15.2 Å². The maximum absolute atomic E-state index is 15.2. The molecule has 31 heavy (non-hydrogen) atoms. The predicted octanol–water partition coefficient (Wildman–Crippen LogP) is 0.0519. The van der Waals surface area contributed by atoms with Crippen molar-refractivity contribution in [3.63, 3.8) is 0 Å².